The molecule has 0 atom stereocenters. The van der Waals surface area contributed by atoms with Gasteiger partial charge in [-0.1, -0.05) is 18.2 Å². The van der Waals surface area contributed by atoms with Gasteiger partial charge in [-0.05, 0) is 31.2 Å². The summed E-state index contributed by atoms with van der Waals surface area (Å²) in [5.74, 6) is -1.28. The highest BCUT2D eigenvalue weighted by Gasteiger charge is 2.14. The quantitative estimate of drug-likeness (QED) is 0.475. The SMILES string of the molecule is CCOC(=O)COc1cccc(NC(=O)CNC(=O)c2c[nH]c3ccccc3c2=O)c1. The van der Waals surface area contributed by atoms with Crippen LogP contribution in [0.2, 0.25) is 0 Å². The van der Waals surface area contributed by atoms with Crippen LogP contribution in [0.4, 0.5) is 5.69 Å². The molecule has 0 bridgehead atoms. The number of benzene rings is 2. The lowest BCUT2D eigenvalue weighted by Gasteiger charge is -2.10. The summed E-state index contributed by atoms with van der Waals surface area (Å²) in [6, 6.07) is 13.3. The van der Waals surface area contributed by atoms with Gasteiger partial charge in [-0.15, -0.1) is 0 Å². The van der Waals surface area contributed by atoms with E-state index in [1.54, 1.807) is 49.4 Å². The molecule has 31 heavy (non-hydrogen) atoms. The minimum absolute atomic E-state index is 0.0825. The highest BCUT2D eigenvalue weighted by molar-refractivity contribution is 6.00. The number of nitrogens with one attached hydrogen (secondary N) is 3. The second-order valence-corrected chi connectivity index (χ2v) is 6.43. The molecular weight excluding hydrogens is 402 g/mol. The van der Waals surface area contributed by atoms with Crippen molar-refractivity contribution in [2.24, 2.45) is 0 Å². The predicted octanol–water partition coefficient (Wildman–Crippen LogP) is 1.84. The number of carbonyl (C=O) groups is 3. The Labute approximate surface area is 177 Å². The molecule has 1 heterocycles. The molecule has 0 aliphatic carbocycles. The van der Waals surface area contributed by atoms with Crippen molar-refractivity contribution in [2.45, 2.75) is 6.92 Å². The Morgan fingerprint density at radius 3 is 2.68 bits per heavy atom. The fourth-order valence-corrected chi connectivity index (χ4v) is 2.81. The van der Waals surface area contributed by atoms with Crippen LogP contribution in [-0.2, 0) is 14.3 Å². The van der Waals surface area contributed by atoms with Crippen LogP contribution in [0.25, 0.3) is 10.9 Å². The summed E-state index contributed by atoms with van der Waals surface area (Å²) in [5.41, 5.74) is 0.538. The molecule has 0 spiro atoms. The molecule has 0 unspecified atom stereocenters. The van der Waals surface area contributed by atoms with Crippen LogP contribution in [0, 0.1) is 0 Å². The number of anilines is 1. The number of esters is 1. The number of hydrogen-bond acceptors (Lipinski definition) is 6. The molecule has 1 aromatic heterocycles. The Balaban J connectivity index is 1.56. The summed E-state index contributed by atoms with van der Waals surface area (Å²) in [6.45, 7) is 1.37. The second kappa shape index (κ2) is 10.1. The molecule has 2 amide bonds. The Kier molecular flexibility index (Phi) is 7.00. The van der Waals surface area contributed by atoms with Crippen molar-refractivity contribution < 1.29 is 23.9 Å². The van der Waals surface area contributed by atoms with E-state index in [0.717, 1.165) is 0 Å². The minimum atomic E-state index is -0.659. The van der Waals surface area contributed by atoms with E-state index in [2.05, 4.69) is 15.6 Å². The summed E-state index contributed by atoms with van der Waals surface area (Å²) in [6.07, 6.45) is 1.32. The summed E-state index contributed by atoms with van der Waals surface area (Å²) in [5, 5.41) is 5.43. The van der Waals surface area contributed by atoms with Gasteiger partial charge in [0, 0.05) is 28.9 Å². The molecule has 0 fully saturated rings. The highest BCUT2D eigenvalue weighted by Crippen LogP contribution is 2.17. The van der Waals surface area contributed by atoms with Crippen molar-refractivity contribution in [3.63, 3.8) is 0 Å². The Hall–Kier alpha value is -4.14. The number of rotatable bonds is 8. The summed E-state index contributed by atoms with van der Waals surface area (Å²) in [7, 11) is 0. The van der Waals surface area contributed by atoms with Gasteiger partial charge in [0.25, 0.3) is 5.91 Å². The number of pyridine rings is 1. The molecular formula is C22H21N3O6. The average molecular weight is 423 g/mol. The number of fused-ring (bicyclic) bond motifs is 1. The molecule has 2 aromatic carbocycles. The Bertz CT molecular complexity index is 1170. The highest BCUT2D eigenvalue weighted by atomic mass is 16.6. The van der Waals surface area contributed by atoms with Crippen LogP contribution in [0.5, 0.6) is 5.75 Å². The van der Waals surface area contributed by atoms with Crippen LogP contribution >= 0.6 is 0 Å². The molecule has 3 aromatic rings. The fraction of sp³-hybridized carbons (Fsp3) is 0.182. The molecule has 3 rings (SSSR count). The number of ether oxygens (including phenoxy) is 2. The van der Waals surface area contributed by atoms with E-state index in [1.807, 2.05) is 0 Å². The standard InChI is InChI=1S/C22H21N3O6/c1-2-30-20(27)13-31-15-7-5-6-14(10-15)25-19(26)12-24-22(29)17-11-23-18-9-4-3-8-16(18)21(17)28/h3-11H,2,12-13H2,1H3,(H,23,28)(H,24,29)(H,25,26). The molecule has 0 saturated carbocycles. The summed E-state index contributed by atoms with van der Waals surface area (Å²) < 4.78 is 10.1. The van der Waals surface area contributed by atoms with E-state index in [9.17, 15) is 19.2 Å². The molecule has 0 aliphatic heterocycles. The van der Waals surface area contributed by atoms with E-state index in [4.69, 9.17) is 9.47 Å². The topological polar surface area (TPSA) is 127 Å². The van der Waals surface area contributed by atoms with Crippen molar-refractivity contribution >= 4 is 34.4 Å². The van der Waals surface area contributed by atoms with Crippen molar-refractivity contribution in [2.75, 3.05) is 25.1 Å². The fourth-order valence-electron chi connectivity index (χ4n) is 2.81. The Morgan fingerprint density at radius 2 is 1.87 bits per heavy atom. The summed E-state index contributed by atoms with van der Waals surface area (Å²) in [4.78, 5) is 51.2. The number of hydrogen-bond donors (Lipinski definition) is 3. The number of para-hydroxylation sites is 1. The maximum Gasteiger partial charge on any atom is 0.344 e. The molecule has 0 saturated heterocycles. The van der Waals surface area contributed by atoms with E-state index in [1.165, 1.54) is 12.3 Å². The third-order valence-electron chi connectivity index (χ3n) is 4.22. The Morgan fingerprint density at radius 1 is 1.06 bits per heavy atom. The zero-order valence-electron chi connectivity index (χ0n) is 16.8. The van der Waals surface area contributed by atoms with Crippen LogP contribution in [0.15, 0.2) is 59.5 Å². The first-order valence-corrected chi connectivity index (χ1v) is 9.55. The maximum atomic E-state index is 12.5. The van der Waals surface area contributed by atoms with E-state index >= 15 is 0 Å². The normalized spacial score (nSPS) is 10.4. The number of carbonyl (C=O) groups excluding carboxylic acids is 3. The molecule has 3 N–H and O–H groups in total. The molecule has 0 aliphatic rings. The van der Waals surface area contributed by atoms with Crippen molar-refractivity contribution in [3.8, 4) is 5.75 Å². The maximum absolute atomic E-state index is 12.5. The van der Waals surface area contributed by atoms with Crippen molar-refractivity contribution in [3.05, 3.63) is 70.5 Å². The van der Waals surface area contributed by atoms with Gasteiger partial charge in [-0.2, -0.15) is 0 Å². The largest absolute Gasteiger partial charge is 0.482 e. The van der Waals surface area contributed by atoms with Gasteiger partial charge in [0.1, 0.15) is 11.3 Å². The van der Waals surface area contributed by atoms with Crippen LogP contribution in [0.3, 0.4) is 0 Å². The second-order valence-electron chi connectivity index (χ2n) is 6.43. The first kappa shape index (κ1) is 21.6. The zero-order valence-corrected chi connectivity index (χ0v) is 16.8. The van der Waals surface area contributed by atoms with Crippen molar-refractivity contribution in [1.82, 2.24) is 10.3 Å². The number of aromatic amines is 1. The third-order valence-corrected chi connectivity index (χ3v) is 4.22. The third kappa shape index (κ3) is 5.69. The molecule has 9 heteroatoms. The number of aromatic nitrogens is 1. The molecule has 160 valence electrons. The van der Waals surface area contributed by atoms with Gasteiger partial charge in [0.15, 0.2) is 6.61 Å². The van der Waals surface area contributed by atoms with Gasteiger partial charge in [0.05, 0.1) is 13.2 Å². The smallest absolute Gasteiger partial charge is 0.344 e. The zero-order chi connectivity index (χ0) is 22.2. The predicted molar refractivity (Wildman–Crippen MR) is 114 cm³/mol. The average Bonchev–Trinajstić information content (AvgIpc) is 2.77. The van der Waals surface area contributed by atoms with Crippen LogP contribution in [0.1, 0.15) is 17.3 Å². The van der Waals surface area contributed by atoms with E-state index in [0.29, 0.717) is 22.3 Å². The summed E-state index contributed by atoms with van der Waals surface area (Å²) >= 11 is 0. The van der Waals surface area contributed by atoms with Crippen LogP contribution in [-0.4, -0.2) is 42.5 Å². The number of amides is 2. The van der Waals surface area contributed by atoms with Gasteiger partial charge < -0.3 is 25.1 Å². The lowest BCUT2D eigenvalue weighted by atomic mass is 10.1. The molecule has 0 radical (unpaired) electrons. The first-order valence-electron chi connectivity index (χ1n) is 9.55. The van der Waals surface area contributed by atoms with Gasteiger partial charge in [0.2, 0.25) is 11.3 Å². The number of H-pyrrole nitrogens is 1. The first-order chi connectivity index (χ1) is 15.0. The van der Waals surface area contributed by atoms with E-state index in [-0.39, 0.29) is 25.3 Å². The van der Waals surface area contributed by atoms with Crippen LogP contribution < -0.4 is 20.8 Å². The van der Waals surface area contributed by atoms with E-state index < -0.39 is 23.2 Å². The van der Waals surface area contributed by atoms with Gasteiger partial charge in [-0.3, -0.25) is 14.4 Å². The minimum Gasteiger partial charge on any atom is -0.482 e. The van der Waals surface area contributed by atoms with Gasteiger partial charge in [-0.25, -0.2) is 4.79 Å². The lowest BCUT2D eigenvalue weighted by molar-refractivity contribution is -0.145. The lowest BCUT2D eigenvalue weighted by Crippen LogP contribution is -2.35. The van der Waals surface area contributed by atoms with Crippen molar-refractivity contribution in [1.29, 1.82) is 0 Å². The molecule has 9 nitrogen and oxygen atoms in total. The van der Waals surface area contributed by atoms with Gasteiger partial charge >= 0.3 is 5.97 Å². The monoisotopic (exact) mass is 423 g/mol.